The van der Waals surface area contributed by atoms with Crippen molar-refractivity contribution in [2.24, 2.45) is 0 Å². The van der Waals surface area contributed by atoms with Crippen LogP contribution >= 0.6 is 0 Å². The van der Waals surface area contributed by atoms with Gasteiger partial charge in [-0.1, -0.05) is 91.0 Å². The molecule has 0 heterocycles. The summed E-state index contributed by atoms with van der Waals surface area (Å²) in [6, 6.07) is 26.2. The molecule has 3 aromatic rings. The molecule has 0 aliphatic carbocycles. The van der Waals surface area contributed by atoms with E-state index in [4.69, 9.17) is 14.2 Å². The summed E-state index contributed by atoms with van der Waals surface area (Å²) in [4.78, 5) is 49.3. The topological polar surface area (TPSA) is 120 Å². The smallest absolute Gasteiger partial charge is 0.408 e. The molecule has 0 aliphatic heterocycles. The molecule has 3 rings (SSSR count). The van der Waals surface area contributed by atoms with Gasteiger partial charge in [0.15, 0.2) is 0 Å². The number of hydrogen-bond donors (Lipinski definition) is 2. The average molecular weight is 519 g/mol. The van der Waals surface area contributed by atoms with E-state index < -0.39 is 30.0 Å². The van der Waals surface area contributed by atoms with Crippen LogP contribution in [-0.4, -0.2) is 36.5 Å². The van der Waals surface area contributed by atoms with Crippen LogP contribution in [0.3, 0.4) is 0 Å². The van der Waals surface area contributed by atoms with E-state index in [0.29, 0.717) is 0 Å². The number of alkyl carbamates (subject to hydrolysis) is 1. The van der Waals surface area contributed by atoms with Gasteiger partial charge in [-0.15, -0.1) is 0 Å². The molecule has 3 aromatic carbocycles. The highest BCUT2D eigenvalue weighted by Gasteiger charge is 2.24. The Morgan fingerprint density at radius 1 is 0.632 bits per heavy atom. The number of esters is 2. The van der Waals surface area contributed by atoms with Crippen LogP contribution in [0.15, 0.2) is 91.0 Å². The minimum absolute atomic E-state index is 0.0103. The lowest BCUT2D eigenvalue weighted by molar-refractivity contribution is -0.148. The maximum absolute atomic E-state index is 12.7. The first-order chi connectivity index (χ1) is 18.5. The van der Waals surface area contributed by atoms with E-state index in [-0.39, 0.29) is 39.2 Å². The summed E-state index contributed by atoms with van der Waals surface area (Å²) in [5.41, 5.74) is 2.39. The van der Waals surface area contributed by atoms with Gasteiger partial charge in [0.25, 0.3) is 0 Å². The zero-order chi connectivity index (χ0) is 27.0. The summed E-state index contributed by atoms with van der Waals surface area (Å²) >= 11 is 0. The lowest BCUT2D eigenvalue weighted by Crippen LogP contribution is -2.43. The number of carbonyl (C=O) groups is 4. The predicted octanol–water partition coefficient (Wildman–Crippen LogP) is 3.66. The van der Waals surface area contributed by atoms with E-state index in [9.17, 15) is 19.2 Å². The van der Waals surface area contributed by atoms with E-state index in [1.807, 2.05) is 66.7 Å². The number of amides is 2. The van der Waals surface area contributed by atoms with Crippen LogP contribution < -0.4 is 10.6 Å². The lowest BCUT2D eigenvalue weighted by Gasteiger charge is -2.17. The Balaban J connectivity index is 1.47. The monoisotopic (exact) mass is 518 g/mol. The SMILES string of the molecule is O=C(CC[C@@H](NC(=O)OCc1ccccc1)C(=O)OCc1ccccc1)NCC(=O)OCc1ccccc1. The van der Waals surface area contributed by atoms with Gasteiger partial charge in [0.05, 0.1) is 0 Å². The standard InChI is InChI=1S/C29H30N2O7/c32-26(30-18-27(33)36-19-22-10-4-1-5-11-22)17-16-25(28(34)37-20-23-12-6-2-7-13-23)31-29(35)38-21-24-14-8-3-9-15-24/h1-15,25H,16-21H2,(H,30,32)(H,31,35)/t25-/m1/s1. The fourth-order valence-corrected chi connectivity index (χ4v) is 3.31. The third-order valence-electron chi connectivity index (χ3n) is 5.35. The van der Waals surface area contributed by atoms with Gasteiger partial charge in [-0.3, -0.25) is 9.59 Å². The summed E-state index contributed by atoms with van der Waals surface area (Å²) in [5.74, 6) is -1.79. The molecule has 0 radical (unpaired) electrons. The summed E-state index contributed by atoms with van der Waals surface area (Å²) in [6.45, 7) is -0.193. The highest BCUT2D eigenvalue weighted by Crippen LogP contribution is 2.07. The number of ether oxygens (including phenoxy) is 3. The Kier molecular flexibility index (Phi) is 11.4. The van der Waals surface area contributed by atoms with Crippen LogP contribution in [0.1, 0.15) is 29.5 Å². The molecular weight excluding hydrogens is 488 g/mol. The van der Waals surface area contributed by atoms with Gasteiger partial charge in [0.1, 0.15) is 32.4 Å². The minimum atomic E-state index is -1.13. The molecule has 0 unspecified atom stereocenters. The first-order valence-electron chi connectivity index (χ1n) is 12.1. The third-order valence-corrected chi connectivity index (χ3v) is 5.35. The second kappa shape index (κ2) is 15.5. The maximum atomic E-state index is 12.7. The van der Waals surface area contributed by atoms with Crippen molar-refractivity contribution in [1.29, 1.82) is 0 Å². The van der Waals surface area contributed by atoms with Gasteiger partial charge in [-0.05, 0) is 23.1 Å². The van der Waals surface area contributed by atoms with Crippen molar-refractivity contribution in [3.8, 4) is 0 Å². The van der Waals surface area contributed by atoms with Gasteiger partial charge >= 0.3 is 18.0 Å². The number of rotatable bonds is 13. The van der Waals surface area contributed by atoms with Crippen LogP contribution in [0.2, 0.25) is 0 Å². The predicted molar refractivity (Wildman–Crippen MR) is 138 cm³/mol. The van der Waals surface area contributed by atoms with Crippen molar-refractivity contribution in [3.63, 3.8) is 0 Å². The Morgan fingerprint density at radius 2 is 1.11 bits per heavy atom. The molecule has 0 aliphatic rings. The Hall–Kier alpha value is -4.66. The first kappa shape index (κ1) is 27.9. The Bertz CT molecular complexity index is 1170. The molecule has 9 heteroatoms. The third kappa shape index (κ3) is 10.5. The normalized spacial score (nSPS) is 11.1. The van der Waals surface area contributed by atoms with E-state index in [1.165, 1.54) is 0 Å². The summed E-state index contributed by atoms with van der Waals surface area (Å²) < 4.78 is 15.7. The van der Waals surface area contributed by atoms with Gasteiger partial charge in [0.2, 0.25) is 5.91 Å². The number of nitrogens with one attached hydrogen (secondary N) is 2. The van der Waals surface area contributed by atoms with Gasteiger partial charge in [-0.25, -0.2) is 9.59 Å². The quantitative estimate of drug-likeness (QED) is 0.262. The van der Waals surface area contributed by atoms with Crippen molar-refractivity contribution < 1.29 is 33.4 Å². The molecule has 38 heavy (non-hydrogen) atoms. The van der Waals surface area contributed by atoms with Crippen LogP contribution in [0, 0.1) is 0 Å². The summed E-state index contributed by atoms with van der Waals surface area (Å²) in [5, 5.41) is 4.94. The average Bonchev–Trinajstić information content (AvgIpc) is 2.96. The molecular formula is C29H30N2O7. The number of hydrogen-bond acceptors (Lipinski definition) is 7. The van der Waals surface area contributed by atoms with E-state index >= 15 is 0 Å². The summed E-state index contributed by atoms with van der Waals surface area (Å²) in [6.07, 6.45) is -1.02. The number of benzene rings is 3. The molecule has 0 aromatic heterocycles. The zero-order valence-electron chi connectivity index (χ0n) is 20.8. The molecule has 0 fully saturated rings. The van der Waals surface area contributed by atoms with Crippen molar-refractivity contribution in [3.05, 3.63) is 108 Å². The fourth-order valence-electron chi connectivity index (χ4n) is 3.31. The maximum Gasteiger partial charge on any atom is 0.408 e. The molecule has 2 N–H and O–H groups in total. The van der Waals surface area contributed by atoms with Gasteiger partial charge in [0, 0.05) is 6.42 Å². The molecule has 0 spiro atoms. The molecule has 0 saturated carbocycles. The Morgan fingerprint density at radius 3 is 1.63 bits per heavy atom. The number of carbonyl (C=O) groups excluding carboxylic acids is 4. The van der Waals surface area contributed by atoms with Crippen molar-refractivity contribution in [2.75, 3.05) is 6.54 Å². The second-order valence-electron chi connectivity index (χ2n) is 8.31. The van der Waals surface area contributed by atoms with Crippen molar-refractivity contribution in [1.82, 2.24) is 10.6 Å². The van der Waals surface area contributed by atoms with Crippen LogP contribution in [0.5, 0.6) is 0 Å². The lowest BCUT2D eigenvalue weighted by atomic mass is 10.1. The molecule has 0 bridgehead atoms. The van der Waals surface area contributed by atoms with Crippen LogP contribution in [0.25, 0.3) is 0 Å². The van der Waals surface area contributed by atoms with Crippen LogP contribution in [-0.2, 0) is 48.4 Å². The van der Waals surface area contributed by atoms with E-state index in [2.05, 4.69) is 10.6 Å². The molecule has 0 saturated heterocycles. The minimum Gasteiger partial charge on any atom is -0.460 e. The van der Waals surface area contributed by atoms with Gasteiger partial charge in [-0.2, -0.15) is 0 Å². The largest absolute Gasteiger partial charge is 0.460 e. The molecule has 2 amide bonds. The summed E-state index contributed by atoms with van der Waals surface area (Å²) in [7, 11) is 0. The van der Waals surface area contributed by atoms with Crippen molar-refractivity contribution in [2.45, 2.75) is 38.7 Å². The first-order valence-corrected chi connectivity index (χ1v) is 12.1. The molecule has 9 nitrogen and oxygen atoms in total. The second-order valence-corrected chi connectivity index (χ2v) is 8.31. The van der Waals surface area contributed by atoms with Gasteiger partial charge < -0.3 is 24.8 Å². The fraction of sp³-hybridized carbons (Fsp3) is 0.241. The van der Waals surface area contributed by atoms with Crippen molar-refractivity contribution >= 4 is 23.9 Å². The molecule has 198 valence electrons. The Labute approximate surface area is 221 Å². The highest BCUT2D eigenvalue weighted by molar-refractivity contribution is 5.84. The highest BCUT2D eigenvalue weighted by atomic mass is 16.6. The zero-order valence-corrected chi connectivity index (χ0v) is 20.8. The van der Waals surface area contributed by atoms with E-state index in [0.717, 1.165) is 16.7 Å². The molecule has 1 atom stereocenters. The van der Waals surface area contributed by atoms with Crippen LogP contribution in [0.4, 0.5) is 4.79 Å². The van der Waals surface area contributed by atoms with E-state index in [1.54, 1.807) is 24.3 Å².